The molecule has 3 aromatic heterocycles. The molecule has 10 heteroatoms. The van der Waals surface area contributed by atoms with Crippen molar-refractivity contribution in [2.75, 3.05) is 36.0 Å². The molecule has 1 aliphatic heterocycles. The highest BCUT2D eigenvalue weighted by Gasteiger charge is 2.29. The van der Waals surface area contributed by atoms with Gasteiger partial charge in [-0.25, -0.2) is 4.98 Å². The summed E-state index contributed by atoms with van der Waals surface area (Å²) in [6.07, 6.45) is 2.62. The standard InChI is InChI=1S/C14H16N6O2S2/c1-10-9-24-13(15-10)18-4-2-3-17(5-6-18)11-12(20(21)22)19-7-8-23-14(19)16-11/h7-9H,2-6H2,1H3. The summed E-state index contributed by atoms with van der Waals surface area (Å²) in [5.41, 5.74) is 1.03. The molecule has 3 aromatic rings. The van der Waals surface area contributed by atoms with Crippen molar-refractivity contribution in [3.63, 3.8) is 0 Å². The van der Waals surface area contributed by atoms with Gasteiger partial charge in [0.15, 0.2) is 5.13 Å². The van der Waals surface area contributed by atoms with E-state index in [0.717, 1.165) is 36.9 Å². The van der Waals surface area contributed by atoms with Crippen molar-refractivity contribution in [2.45, 2.75) is 13.3 Å². The van der Waals surface area contributed by atoms with Gasteiger partial charge in [0.2, 0.25) is 5.82 Å². The largest absolute Gasteiger partial charge is 0.373 e. The second-order valence-corrected chi connectivity index (χ2v) is 7.38. The highest BCUT2D eigenvalue weighted by atomic mass is 32.1. The summed E-state index contributed by atoms with van der Waals surface area (Å²) >= 11 is 3.06. The summed E-state index contributed by atoms with van der Waals surface area (Å²) in [6.45, 7) is 5.14. The molecule has 1 saturated heterocycles. The van der Waals surface area contributed by atoms with Crippen LogP contribution in [0.25, 0.3) is 4.96 Å². The van der Waals surface area contributed by atoms with Crippen molar-refractivity contribution >= 4 is 44.4 Å². The number of thiazole rings is 2. The van der Waals surface area contributed by atoms with Crippen LogP contribution in [-0.4, -0.2) is 45.5 Å². The lowest BCUT2D eigenvalue weighted by Gasteiger charge is -2.21. The molecule has 0 aromatic carbocycles. The molecule has 0 N–H and O–H groups in total. The number of fused-ring (bicyclic) bond motifs is 1. The molecule has 4 heterocycles. The Labute approximate surface area is 146 Å². The summed E-state index contributed by atoms with van der Waals surface area (Å²) in [5, 5.41) is 16.4. The van der Waals surface area contributed by atoms with Crippen LogP contribution in [0.1, 0.15) is 12.1 Å². The predicted molar refractivity (Wildman–Crippen MR) is 95.6 cm³/mol. The average molecular weight is 364 g/mol. The number of aryl methyl sites for hydroxylation is 1. The van der Waals surface area contributed by atoms with E-state index in [0.29, 0.717) is 17.3 Å². The highest BCUT2D eigenvalue weighted by molar-refractivity contribution is 7.15. The zero-order valence-corrected chi connectivity index (χ0v) is 14.7. The van der Waals surface area contributed by atoms with Crippen LogP contribution in [0.3, 0.4) is 0 Å². The number of anilines is 2. The molecule has 1 fully saturated rings. The lowest BCUT2D eigenvalue weighted by molar-refractivity contribution is -0.389. The third-order valence-electron chi connectivity index (χ3n) is 4.06. The van der Waals surface area contributed by atoms with Crippen LogP contribution in [0.5, 0.6) is 0 Å². The molecule has 1 aliphatic rings. The second kappa shape index (κ2) is 6.02. The fourth-order valence-electron chi connectivity index (χ4n) is 2.95. The Morgan fingerprint density at radius 1 is 1.17 bits per heavy atom. The lowest BCUT2D eigenvalue weighted by Crippen LogP contribution is -2.31. The second-order valence-electron chi connectivity index (χ2n) is 5.67. The number of imidazole rings is 1. The van der Waals surface area contributed by atoms with Gasteiger partial charge in [0.1, 0.15) is 6.20 Å². The van der Waals surface area contributed by atoms with Crippen LogP contribution < -0.4 is 9.80 Å². The van der Waals surface area contributed by atoms with Gasteiger partial charge < -0.3 is 19.9 Å². The third kappa shape index (κ3) is 2.61. The van der Waals surface area contributed by atoms with Crippen molar-refractivity contribution in [3.05, 3.63) is 32.8 Å². The van der Waals surface area contributed by atoms with Gasteiger partial charge in [-0.05, 0) is 18.3 Å². The minimum Gasteiger partial charge on any atom is -0.358 e. The van der Waals surface area contributed by atoms with Gasteiger partial charge in [-0.15, -0.1) is 11.3 Å². The van der Waals surface area contributed by atoms with Gasteiger partial charge in [0, 0.05) is 36.9 Å². The van der Waals surface area contributed by atoms with E-state index in [-0.39, 0.29) is 10.7 Å². The summed E-state index contributed by atoms with van der Waals surface area (Å²) in [4.78, 5) is 25.2. The number of aromatic nitrogens is 3. The molecule has 0 aliphatic carbocycles. The van der Waals surface area contributed by atoms with Crippen molar-refractivity contribution < 1.29 is 4.92 Å². The van der Waals surface area contributed by atoms with Crippen LogP contribution in [0.15, 0.2) is 17.0 Å². The van der Waals surface area contributed by atoms with E-state index in [1.165, 1.54) is 11.3 Å². The maximum absolute atomic E-state index is 11.5. The highest BCUT2D eigenvalue weighted by Crippen LogP contribution is 2.32. The summed E-state index contributed by atoms with van der Waals surface area (Å²) in [5.74, 6) is 0.536. The van der Waals surface area contributed by atoms with E-state index < -0.39 is 0 Å². The van der Waals surface area contributed by atoms with Crippen LogP contribution >= 0.6 is 22.7 Å². The number of rotatable bonds is 3. The minimum absolute atomic E-state index is 0.0600. The Balaban J connectivity index is 1.60. The quantitative estimate of drug-likeness (QED) is 0.525. The van der Waals surface area contributed by atoms with Gasteiger partial charge >= 0.3 is 5.82 Å². The van der Waals surface area contributed by atoms with E-state index in [1.807, 2.05) is 22.6 Å². The van der Waals surface area contributed by atoms with Crippen LogP contribution in [0.2, 0.25) is 0 Å². The Morgan fingerprint density at radius 3 is 2.71 bits per heavy atom. The fraction of sp³-hybridized carbons (Fsp3) is 0.429. The SMILES string of the molecule is Cc1csc(N2CCCN(c3nc4sccn4c3[N+](=O)[O-])CC2)n1. The molecule has 0 unspecified atom stereocenters. The van der Waals surface area contributed by atoms with E-state index in [2.05, 4.69) is 14.9 Å². The first kappa shape index (κ1) is 15.3. The maximum Gasteiger partial charge on any atom is 0.373 e. The number of nitro groups is 1. The molecular formula is C14H16N6O2S2. The molecule has 126 valence electrons. The van der Waals surface area contributed by atoms with Crippen molar-refractivity contribution in [3.8, 4) is 0 Å². The van der Waals surface area contributed by atoms with Gasteiger partial charge in [-0.3, -0.25) is 0 Å². The smallest absolute Gasteiger partial charge is 0.358 e. The predicted octanol–water partition coefficient (Wildman–Crippen LogP) is 2.79. The van der Waals surface area contributed by atoms with E-state index in [9.17, 15) is 10.1 Å². The molecule has 4 rings (SSSR count). The van der Waals surface area contributed by atoms with Crippen molar-refractivity contribution in [1.82, 2.24) is 14.4 Å². The summed E-state index contributed by atoms with van der Waals surface area (Å²) in [6, 6.07) is 0. The molecule has 0 bridgehead atoms. The molecule has 24 heavy (non-hydrogen) atoms. The van der Waals surface area contributed by atoms with Gasteiger partial charge in [0.05, 0.1) is 5.69 Å². The molecular weight excluding hydrogens is 348 g/mol. The zero-order valence-electron chi connectivity index (χ0n) is 13.1. The Kier molecular flexibility index (Phi) is 3.85. The topological polar surface area (TPSA) is 79.8 Å². The zero-order chi connectivity index (χ0) is 16.7. The molecule has 8 nitrogen and oxygen atoms in total. The molecule has 0 amide bonds. The number of hydrogen-bond acceptors (Lipinski definition) is 8. The van der Waals surface area contributed by atoms with Gasteiger partial charge in [-0.1, -0.05) is 11.3 Å². The van der Waals surface area contributed by atoms with Crippen molar-refractivity contribution in [2.24, 2.45) is 0 Å². The summed E-state index contributed by atoms with van der Waals surface area (Å²) in [7, 11) is 0. The third-order valence-corrected chi connectivity index (χ3v) is 5.84. The summed E-state index contributed by atoms with van der Waals surface area (Å²) < 4.78 is 1.56. The molecule has 0 radical (unpaired) electrons. The first-order valence-corrected chi connectivity index (χ1v) is 9.41. The maximum atomic E-state index is 11.5. The van der Waals surface area contributed by atoms with Crippen molar-refractivity contribution in [1.29, 1.82) is 0 Å². The number of nitrogens with zero attached hydrogens (tertiary/aromatic N) is 6. The van der Waals surface area contributed by atoms with Crippen LogP contribution in [0, 0.1) is 17.0 Å². The minimum atomic E-state index is -0.338. The molecule has 0 spiro atoms. The number of hydrogen-bond donors (Lipinski definition) is 0. The monoisotopic (exact) mass is 364 g/mol. The normalized spacial score (nSPS) is 15.9. The van der Waals surface area contributed by atoms with E-state index >= 15 is 0 Å². The van der Waals surface area contributed by atoms with Crippen LogP contribution in [-0.2, 0) is 0 Å². The Morgan fingerprint density at radius 2 is 1.96 bits per heavy atom. The fourth-order valence-corrected chi connectivity index (χ4v) is 4.51. The first-order valence-electron chi connectivity index (χ1n) is 7.65. The molecule has 0 saturated carbocycles. The van der Waals surface area contributed by atoms with Gasteiger partial charge in [0.25, 0.3) is 4.96 Å². The Bertz CT molecular complexity index is 885. The first-order chi connectivity index (χ1) is 11.6. The average Bonchev–Trinajstić information content (AvgIpc) is 3.19. The lowest BCUT2D eigenvalue weighted by atomic mass is 10.4. The van der Waals surface area contributed by atoms with E-state index in [4.69, 9.17) is 0 Å². The van der Waals surface area contributed by atoms with Gasteiger partial charge in [-0.2, -0.15) is 9.38 Å². The Hall–Kier alpha value is -2.20. The van der Waals surface area contributed by atoms with E-state index in [1.54, 1.807) is 21.9 Å². The van der Waals surface area contributed by atoms with Crippen LogP contribution in [0.4, 0.5) is 16.8 Å². The molecule has 0 atom stereocenters.